The van der Waals surface area contributed by atoms with Crippen LogP contribution >= 0.6 is 0 Å². The van der Waals surface area contributed by atoms with Crippen LogP contribution in [0.1, 0.15) is 17.0 Å². The van der Waals surface area contributed by atoms with Gasteiger partial charge < -0.3 is 14.5 Å². The summed E-state index contributed by atoms with van der Waals surface area (Å²) in [5, 5.41) is 8.72. The Balaban J connectivity index is 2.53. The van der Waals surface area contributed by atoms with Crippen LogP contribution in [-0.2, 0) is 11.2 Å². The van der Waals surface area contributed by atoms with Crippen LogP contribution in [0.25, 0.3) is 11.4 Å². The van der Waals surface area contributed by atoms with E-state index in [-0.39, 0.29) is 12.0 Å². The summed E-state index contributed by atoms with van der Waals surface area (Å²) in [4.78, 5) is 29.2. The lowest BCUT2D eigenvalue weighted by atomic mass is 10.1. The molecule has 2 aromatic heterocycles. The van der Waals surface area contributed by atoms with Crippen molar-refractivity contribution in [2.24, 2.45) is 0 Å². The molecule has 6 nitrogen and oxygen atoms in total. The van der Waals surface area contributed by atoms with Crippen molar-refractivity contribution in [1.82, 2.24) is 9.97 Å². The van der Waals surface area contributed by atoms with E-state index in [2.05, 4.69) is 9.97 Å². The van der Waals surface area contributed by atoms with Gasteiger partial charge in [-0.25, -0.2) is 4.98 Å². The third-order valence-corrected chi connectivity index (χ3v) is 2.66. The van der Waals surface area contributed by atoms with Crippen molar-refractivity contribution in [3.63, 3.8) is 0 Å². The quantitative estimate of drug-likeness (QED) is 0.852. The number of H-pyrrole nitrogens is 1. The molecule has 0 aliphatic carbocycles. The molecule has 0 bridgehead atoms. The maximum absolute atomic E-state index is 11.8. The largest absolute Gasteiger partial charge is 0.481 e. The highest BCUT2D eigenvalue weighted by Crippen LogP contribution is 2.20. The van der Waals surface area contributed by atoms with E-state index in [0.717, 1.165) is 0 Å². The Labute approximate surface area is 102 Å². The molecule has 6 heteroatoms. The van der Waals surface area contributed by atoms with E-state index < -0.39 is 11.5 Å². The van der Waals surface area contributed by atoms with Gasteiger partial charge in [-0.3, -0.25) is 9.59 Å². The number of carboxylic acids is 1. The molecule has 0 aromatic carbocycles. The number of furan rings is 1. The second-order valence-corrected chi connectivity index (χ2v) is 3.94. The standard InChI is InChI=1S/C12H12N2O4/c1-6-9(5-10(15)16)12(17)14-11(13-6)8-3-4-18-7(8)2/h3-4H,5H2,1-2H3,(H,15,16)(H,13,14,17). The van der Waals surface area contributed by atoms with Crippen LogP contribution in [0, 0.1) is 13.8 Å². The number of aromatic amines is 1. The molecule has 0 aliphatic rings. The summed E-state index contributed by atoms with van der Waals surface area (Å²) in [7, 11) is 0. The molecule has 0 saturated carbocycles. The highest BCUT2D eigenvalue weighted by atomic mass is 16.4. The first-order chi connectivity index (χ1) is 8.49. The summed E-state index contributed by atoms with van der Waals surface area (Å²) in [5.74, 6) is -0.0286. The van der Waals surface area contributed by atoms with Crippen LogP contribution < -0.4 is 5.56 Å². The van der Waals surface area contributed by atoms with Crippen LogP contribution in [0.15, 0.2) is 21.5 Å². The van der Waals surface area contributed by atoms with E-state index in [1.54, 1.807) is 19.9 Å². The van der Waals surface area contributed by atoms with Gasteiger partial charge in [-0.05, 0) is 19.9 Å². The van der Waals surface area contributed by atoms with Crippen molar-refractivity contribution in [3.8, 4) is 11.4 Å². The molecule has 2 aromatic rings. The van der Waals surface area contributed by atoms with Gasteiger partial charge in [0.05, 0.1) is 18.2 Å². The molecule has 0 aliphatic heterocycles. The molecule has 0 saturated heterocycles. The van der Waals surface area contributed by atoms with Crippen LogP contribution in [0.5, 0.6) is 0 Å². The van der Waals surface area contributed by atoms with E-state index in [1.165, 1.54) is 6.26 Å². The Morgan fingerprint density at radius 1 is 1.50 bits per heavy atom. The lowest BCUT2D eigenvalue weighted by Gasteiger charge is -2.04. The Hall–Kier alpha value is -2.37. The van der Waals surface area contributed by atoms with Crippen molar-refractivity contribution < 1.29 is 14.3 Å². The van der Waals surface area contributed by atoms with Gasteiger partial charge in [-0.15, -0.1) is 0 Å². The third-order valence-electron chi connectivity index (χ3n) is 2.66. The normalized spacial score (nSPS) is 10.6. The van der Waals surface area contributed by atoms with E-state index >= 15 is 0 Å². The fourth-order valence-electron chi connectivity index (χ4n) is 1.73. The maximum Gasteiger partial charge on any atom is 0.308 e. The number of carboxylic acid groups (broad SMARTS) is 1. The monoisotopic (exact) mass is 248 g/mol. The number of carbonyl (C=O) groups is 1. The number of aliphatic carboxylic acids is 1. The minimum Gasteiger partial charge on any atom is -0.481 e. The second kappa shape index (κ2) is 4.48. The van der Waals surface area contributed by atoms with Gasteiger partial charge in [0.1, 0.15) is 11.6 Å². The van der Waals surface area contributed by atoms with E-state index in [0.29, 0.717) is 22.8 Å². The van der Waals surface area contributed by atoms with Crippen molar-refractivity contribution in [2.75, 3.05) is 0 Å². The number of rotatable bonds is 3. The van der Waals surface area contributed by atoms with E-state index in [1.807, 2.05) is 0 Å². The topological polar surface area (TPSA) is 96.2 Å². The first kappa shape index (κ1) is 12.1. The average molecular weight is 248 g/mol. The number of hydrogen-bond donors (Lipinski definition) is 2. The molecule has 0 unspecified atom stereocenters. The fourth-order valence-corrected chi connectivity index (χ4v) is 1.73. The molecule has 2 N–H and O–H groups in total. The van der Waals surface area contributed by atoms with Crippen molar-refractivity contribution in [3.05, 3.63) is 39.7 Å². The number of hydrogen-bond acceptors (Lipinski definition) is 4. The summed E-state index contributed by atoms with van der Waals surface area (Å²) in [5.41, 5.74) is 0.849. The van der Waals surface area contributed by atoms with Crippen molar-refractivity contribution in [2.45, 2.75) is 20.3 Å². The molecule has 0 fully saturated rings. The lowest BCUT2D eigenvalue weighted by Crippen LogP contribution is -2.20. The van der Waals surface area contributed by atoms with Gasteiger partial charge >= 0.3 is 5.97 Å². The summed E-state index contributed by atoms with van der Waals surface area (Å²) in [6.45, 7) is 3.38. The Morgan fingerprint density at radius 3 is 2.72 bits per heavy atom. The van der Waals surface area contributed by atoms with Gasteiger partial charge in [0.25, 0.3) is 5.56 Å². The lowest BCUT2D eigenvalue weighted by molar-refractivity contribution is -0.136. The van der Waals surface area contributed by atoms with Gasteiger partial charge in [-0.2, -0.15) is 0 Å². The van der Waals surface area contributed by atoms with E-state index in [4.69, 9.17) is 9.52 Å². The Kier molecular flexibility index (Phi) is 3.01. The van der Waals surface area contributed by atoms with Crippen LogP contribution in [0.3, 0.4) is 0 Å². The smallest absolute Gasteiger partial charge is 0.308 e. The zero-order valence-corrected chi connectivity index (χ0v) is 9.98. The first-order valence-corrected chi connectivity index (χ1v) is 5.35. The number of aryl methyl sites for hydroxylation is 2. The molecule has 94 valence electrons. The molecule has 2 rings (SSSR count). The van der Waals surface area contributed by atoms with Crippen molar-refractivity contribution in [1.29, 1.82) is 0 Å². The summed E-state index contributed by atoms with van der Waals surface area (Å²) in [6, 6.07) is 1.70. The van der Waals surface area contributed by atoms with Crippen LogP contribution in [-0.4, -0.2) is 21.0 Å². The predicted molar refractivity (Wildman–Crippen MR) is 63.4 cm³/mol. The SMILES string of the molecule is Cc1nc(-c2ccoc2C)[nH]c(=O)c1CC(=O)O. The van der Waals surface area contributed by atoms with Gasteiger partial charge in [-0.1, -0.05) is 0 Å². The summed E-state index contributed by atoms with van der Waals surface area (Å²) in [6.07, 6.45) is 1.17. The average Bonchev–Trinajstić information content (AvgIpc) is 2.69. The number of aromatic nitrogens is 2. The van der Waals surface area contributed by atoms with E-state index in [9.17, 15) is 9.59 Å². The first-order valence-electron chi connectivity index (χ1n) is 5.35. The minimum absolute atomic E-state index is 0.174. The summed E-state index contributed by atoms with van der Waals surface area (Å²) >= 11 is 0. The molecule has 0 spiro atoms. The number of nitrogens with zero attached hydrogens (tertiary/aromatic N) is 1. The van der Waals surface area contributed by atoms with Crippen molar-refractivity contribution >= 4 is 5.97 Å². The molecular weight excluding hydrogens is 236 g/mol. The van der Waals surface area contributed by atoms with Crippen LogP contribution in [0.2, 0.25) is 0 Å². The predicted octanol–water partition coefficient (Wildman–Crippen LogP) is 1.27. The minimum atomic E-state index is -1.06. The van der Waals surface area contributed by atoms with Crippen LogP contribution in [0.4, 0.5) is 0 Å². The second-order valence-electron chi connectivity index (χ2n) is 3.94. The molecular formula is C12H12N2O4. The molecule has 2 heterocycles. The number of nitrogens with one attached hydrogen (secondary N) is 1. The molecule has 0 atom stereocenters. The van der Waals surface area contributed by atoms with Gasteiger partial charge in [0.2, 0.25) is 0 Å². The molecule has 18 heavy (non-hydrogen) atoms. The zero-order valence-electron chi connectivity index (χ0n) is 9.98. The van der Waals surface area contributed by atoms with Gasteiger partial charge in [0.15, 0.2) is 0 Å². The zero-order chi connectivity index (χ0) is 13.3. The third kappa shape index (κ3) is 2.17. The fraction of sp³-hybridized carbons (Fsp3) is 0.250. The maximum atomic E-state index is 11.8. The highest BCUT2D eigenvalue weighted by Gasteiger charge is 2.14. The highest BCUT2D eigenvalue weighted by molar-refractivity contribution is 5.70. The Morgan fingerprint density at radius 2 is 2.22 bits per heavy atom. The molecule has 0 amide bonds. The Bertz CT molecular complexity index is 654. The molecule has 0 radical (unpaired) electrons. The summed E-state index contributed by atoms with van der Waals surface area (Å²) < 4.78 is 5.14. The van der Waals surface area contributed by atoms with Gasteiger partial charge in [0, 0.05) is 11.3 Å².